The van der Waals surface area contributed by atoms with Gasteiger partial charge in [-0.3, -0.25) is 5.01 Å². The van der Waals surface area contributed by atoms with Crippen LogP contribution in [0.4, 0.5) is 5.82 Å². The van der Waals surface area contributed by atoms with Crippen molar-refractivity contribution in [3.05, 3.63) is 71.6 Å². The number of allylic oxidation sites excluding steroid dienone is 1. The average Bonchev–Trinajstić information content (AvgIpc) is 3.07. The van der Waals surface area contributed by atoms with Crippen LogP contribution in [-0.4, -0.2) is 11.5 Å². The van der Waals surface area contributed by atoms with E-state index >= 15 is 0 Å². The predicted octanol–water partition coefficient (Wildman–Crippen LogP) is 4.89. The van der Waals surface area contributed by atoms with Crippen LogP contribution in [0.1, 0.15) is 38.8 Å². The molecule has 1 aromatic carbocycles. The van der Waals surface area contributed by atoms with E-state index < -0.39 is 0 Å². The van der Waals surface area contributed by atoms with Crippen LogP contribution in [0.3, 0.4) is 0 Å². The number of hydrogen-bond acceptors (Lipinski definition) is 3. The topological polar surface area (TPSA) is 28.2 Å². The minimum absolute atomic E-state index is 0.859. The number of nitrogens with one attached hydrogen (secondary N) is 1. The van der Waals surface area contributed by atoms with Crippen LogP contribution < -0.4 is 10.4 Å². The summed E-state index contributed by atoms with van der Waals surface area (Å²) >= 11 is 0. The number of hydrogen-bond donors (Lipinski definition) is 1. The first-order valence-corrected chi connectivity index (χ1v) is 8.52. The largest absolute Gasteiger partial charge is 0.263 e. The Bertz CT molecular complexity index is 591. The van der Waals surface area contributed by atoms with E-state index in [2.05, 4.69) is 58.8 Å². The Morgan fingerprint density at radius 3 is 2.39 bits per heavy atom. The van der Waals surface area contributed by atoms with Crippen molar-refractivity contribution in [2.24, 2.45) is 0 Å². The number of anilines is 1. The van der Waals surface area contributed by atoms with Gasteiger partial charge in [-0.15, -0.1) is 0 Å². The van der Waals surface area contributed by atoms with Crippen molar-refractivity contribution in [3.63, 3.8) is 0 Å². The molecule has 0 saturated heterocycles. The van der Waals surface area contributed by atoms with E-state index in [-0.39, 0.29) is 0 Å². The van der Waals surface area contributed by atoms with Crippen LogP contribution >= 0.6 is 0 Å². The van der Waals surface area contributed by atoms with Gasteiger partial charge in [-0.25, -0.2) is 10.4 Å². The molecule has 3 rings (SSSR count). The first kappa shape index (κ1) is 18.9. The molecule has 3 heteroatoms. The number of nitrogens with zero attached hydrogens (tertiary/aromatic N) is 2. The molecule has 0 bridgehead atoms. The zero-order chi connectivity index (χ0) is 17.1. The van der Waals surface area contributed by atoms with Crippen molar-refractivity contribution < 1.29 is 0 Å². The molecule has 1 N–H and O–H groups in total. The van der Waals surface area contributed by atoms with E-state index in [9.17, 15) is 0 Å². The van der Waals surface area contributed by atoms with Gasteiger partial charge in [0.25, 0.3) is 0 Å². The van der Waals surface area contributed by atoms with Crippen LogP contribution in [0.5, 0.6) is 0 Å². The zero-order valence-electron chi connectivity index (χ0n) is 15.0. The van der Waals surface area contributed by atoms with E-state index in [0.717, 1.165) is 18.8 Å². The minimum atomic E-state index is 0.859. The van der Waals surface area contributed by atoms with Crippen LogP contribution in [0.15, 0.2) is 60.4 Å². The second kappa shape index (κ2) is 10.6. The molecule has 2 heterocycles. The van der Waals surface area contributed by atoms with Gasteiger partial charge in [-0.05, 0) is 36.3 Å². The number of aryl methyl sites for hydroxylation is 1. The number of aromatic nitrogens is 1. The lowest BCUT2D eigenvalue weighted by Crippen LogP contribution is -2.33. The fourth-order valence-electron chi connectivity index (χ4n) is 2.27. The number of pyridine rings is 1. The molecule has 0 spiro atoms. The summed E-state index contributed by atoms with van der Waals surface area (Å²) in [5.41, 5.74) is 7.14. The maximum absolute atomic E-state index is 4.44. The second-order valence-electron chi connectivity index (χ2n) is 4.75. The van der Waals surface area contributed by atoms with Crippen molar-refractivity contribution in [1.29, 1.82) is 0 Å². The maximum Gasteiger partial charge on any atom is 0.147 e. The molecule has 3 nitrogen and oxygen atoms in total. The van der Waals surface area contributed by atoms with Gasteiger partial charge in [0, 0.05) is 24.9 Å². The highest BCUT2D eigenvalue weighted by atomic mass is 15.5. The van der Waals surface area contributed by atoms with Crippen LogP contribution in [-0.2, 0) is 6.42 Å². The highest BCUT2D eigenvalue weighted by Gasteiger charge is 2.17. The van der Waals surface area contributed by atoms with Gasteiger partial charge in [-0.2, -0.15) is 0 Å². The fraction of sp³-hybridized carbons (Fsp3) is 0.350. The van der Waals surface area contributed by atoms with Crippen molar-refractivity contribution >= 4 is 5.82 Å². The molecular weight excluding hydrogens is 282 g/mol. The smallest absolute Gasteiger partial charge is 0.147 e. The fourth-order valence-corrected chi connectivity index (χ4v) is 2.27. The van der Waals surface area contributed by atoms with Gasteiger partial charge < -0.3 is 0 Å². The molecule has 1 aromatic heterocycles. The number of rotatable bonds is 3. The van der Waals surface area contributed by atoms with Crippen LogP contribution in [0.2, 0.25) is 0 Å². The molecule has 1 aliphatic heterocycles. The Balaban J connectivity index is 0.000000615. The lowest BCUT2D eigenvalue weighted by atomic mass is 10.1. The van der Waals surface area contributed by atoms with E-state index in [4.69, 9.17) is 0 Å². The lowest BCUT2D eigenvalue weighted by molar-refractivity contribution is 0.765. The zero-order valence-corrected chi connectivity index (χ0v) is 15.0. The average molecular weight is 311 g/mol. The van der Waals surface area contributed by atoms with Crippen molar-refractivity contribution in [2.45, 2.75) is 41.0 Å². The van der Waals surface area contributed by atoms with E-state index in [1.54, 1.807) is 0 Å². The molecule has 0 radical (unpaired) electrons. The molecule has 0 fully saturated rings. The molecule has 124 valence electrons. The van der Waals surface area contributed by atoms with Gasteiger partial charge in [0.1, 0.15) is 5.82 Å². The van der Waals surface area contributed by atoms with Crippen molar-refractivity contribution in [1.82, 2.24) is 10.4 Å². The normalized spacial score (nSPS) is 12.6. The van der Waals surface area contributed by atoms with E-state index in [1.165, 1.54) is 16.8 Å². The van der Waals surface area contributed by atoms with Crippen molar-refractivity contribution in [3.8, 4) is 0 Å². The third-order valence-electron chi connectivity index (χ3n) is 3.23. The lowest BCUT2D eigenvalue weighted by Gasteiger charge is -2.21. The second-order valence-corrected chi connectivity index (χ2v) is 4.75. The predicted molar refractivity (Wildman–Crippen MR) is 100 cm³/mol. The van der Waals surface area contributed by atoms with Crippen molar-refractivity contribution in [2.75, 3.05) is 11.6 Å². The first-order valence-electron chi connectivity index (χ1n) is 8.52. The molecule has 0 unspecified atom stereocenters. The summed E-state index contributed by atoms with van der Waals surface area (Å²) in [5.74, 6) is 0.958. The van der Waals surface area contributed by atoms with Gasteiger partial charge in [0.2, 0.25) is 0 Å². The maximum atomic E-state index is 4.44. The molecule has 0 amide bonds. The number of benzene rings is 1. The SMILES string of the molecule is CC.CC.Cc1ccnc(N2NCC=C2Cc2ccccc2)c1. The molecular formula is C20H29N3. The summed E-state index contributed by atoms with van der Waals surface area (Å²) in [6.45, 7) is 10.9. The monoisotopic (exact) mass is 311 g/mol. The highest BCUT2D eigenvalue weighted by Crippen LogP contribution is 2.21. The summed E-state index contributed by atoms with van der Waals surface area (Å²) < 4.78 is 0. The third kappa shape index (κ3) is 5.53. The standard InChI is InChI=1S/C16H17N3.2C2H6/c1-13-7-9-17-16(11-13)19-15(8-10-18-19)12-14-5-3-2-4-6-14;2*1-2/h2-9,11,18H,10,12H2,1H3;2*1-2H3. The summed E-state index contributed by atoms with van der Waals surface area (Å²) in [5, 5.41) is 2.08. The minimum Gasteiger partial charge on any atom is -0.263 e. The summed E-state index contributed by atoms with van der Waals surface area (Å²) in [4.78, 5) is 4.44. The Kier molecular flexibility index (Phi) is 8.70. The summed E-state index contributed by atoms with van der Waals surface area (Å²) in [7, 11) is 0. The van der Waals surface area contributed by atoms with E-state index in [0.29, 0.717) is 0 Å². The summed E-state index contributed by atoms with van der Waals surface area (Å²) in [6.07, 6.45) is 4.99. The van der Waals surface area contributed by atoms with Crippen LogP contribution in [0, 0.1) is 6.92 Å². The Labute approximate surface area is 141 Å². The molecule has 0 aliphatic carbocycles. The molecule has 2 aromatic rings. The summed E-state index contributed by atoms with van der Waals surface area (Å²) in [6, 6.07) is 14.6. The van der Waals surface area contributed by atoms with Gasteiger partial charge >= 0.3 is 0 Å². The Morgan fingerprint density at radius 1 is 1.04 bits per heavy atom. The Hall–Kier alpha value is -2.13. The van der Waals surface area contributed by atoms with Gasteiger partial charge in [-0.1, -0.05) is 58.0 Å². The molecule has 23 heavy (non-hydrogen) atoms. The number of hydrazine groups is 1. The van der Waals surface area contributed by atoms with Gasteiger partial charge in [0.05, 0.1) is 0 Å². The molecule has 1 aliphatic rings. The molecule has 0 atom stereocenters. The quantitative estimate of drug-likeness (QED) is 0.874. The van der Waals surface area contributed by atoms with Crippen LogP contribution in [0.25, 0.3) is 0 Å². The highest BCUT2D eigenvalue weighted by molar-refractivity contribution is 5.49. The first-order chi connectivity index (χ1) is 11.3. The third-order valence-corrected chi connectivity index (χ3v) is 3.23. The van der Waals surface area contributed by atoms with Gasteiger partial charge in [0.15, 0.2) is 0 Å². The van der Waals surface area contributed by atoms with E-state index in [1.807, 2.05) is 46.0 Å². The molecule has 0 saturated carbocycles. The Morgan fingerprint density at radius 2 is 1.74 bits per heavy atom.